The number of hydrogen-bond acceptors (Lipinski definition) is 3. The smallest absolute Gasteiger partial charge is 0.251 e. The van der Waals surface area contributed by atoms with E-state index in [4.69, 9.17) is 10.5 Å². The number of halogens is 1. The number of ether oxygens (including phenoxy) is 1. The second-order valence-corrected chi connectivity index (χ2v) is 4.71. The van der Waals surface area contributed by atoms with Crippen molar-refractivity contribution in [2.75, 3.05) is 12.8 Å². The minimum Gasteiger partial charge on any atom is -0.497 e. The van der Waals surface area contributed by atoms with E-state index in [0.29, 0.717) is 5.75 Å². The number of methoxy groups -OCH3 is 1. The van der Waals surface area contributed by atoms with Crippen LogP contribution in [-0.2, 0) is 0 Å². The molecule has 5 heteroatoms. The molecular formula is C16H17FN2O2. The van der Waals surface area contributed by atoms with Gasteiger partial charge in [-0.25, -0.2) is 4.39 Å². The van der Waals surface area contributed by atoms with Gasteiger partial charge in [-0.15, -0.1) is 0 Å². The van der Waals surface area contributed by atoms with E-state index in [0.717, 1.165) is 11.6 Å². The summed E-state index contributed by atoms with van der Waals surface area (Å²) in [6.45, 7) is 1.85. The zero-order valence-electron chi connectivity index (χ0n) is 11.9. The molecule has 4 nitrogen and oxygen atoms in total. The minimum absolute atomic E-state index is 0.0207. The third-order valence-corrected chi connectivity index (χ3v) is 3.20. The highest BCUT2D eigenvalue weighted by molar-refractivity contribution is 5.94. The largest absolute Gasteiger partial charge is 0.497 e. The monoisotopic (exact) mass is 288 g/mol. The Labute approximate surface area is 122 Å². The average Bonchev–Trinajstić information content (AvgIpc) is 2.49. The van der Waals surface area contributed by atoms with Crippen molar-refractivity contribution in [3.63, 3.8) is 0 Å². The van der Waals surface area contributed by atoms with Gasteiger partial charge in [-0.3, -0.25) is 4.79 Å². The molecule has 21 heavy (non-hydrogen) atoms. The molecule has 2 rings (SSSR count). The number of benzene rings is 2. The number of carbonyl (C=O) groups excluding carboxylic acids is 1. The Balaban J connectivity index is 2.12. The van der Waals surface area contributed by atoms with Crippen molar-refractivity contribution < 1.29 is 13.9 Å². The van der Waals surface area contributed by atoms with E-state index in [9.17, 15) is 9.18 Å². The van der Waals surface area contributed by atoms with Crippen LogP contribution in [0.3, 0.4) is 0 Å². The molecule has 0 fully saturated rings. The molecule has 0 saturated carbocycles. The first-order chi connectivity index (χ1) is 10.0. The van der Waals surface area contributed by atoms with E-state index in [-0.39, 0.29) is 23.2 Å². The molecule has 3 N–H and O–H groups in total. The first kappa shape index (κ1) is 14.8. The fourth-order valence-corrected chi connectivity index (χ4v) is 1.94. The van der Waals surface area contributed by atoms with E-state index in [2.05, 4.69) is 5.32 Å². The predicted molar refractivity (Wildman–Crippen MR) is 79.7 cm³/mol. The van der Waals surface area contributed by atoms with Gasteiger partial charge in [0.2, 0.25) is 0 Å². The summed E-state index contributed by atoms with van der Waals surface area (Å²) < 4.78 is 18.5. The second-order valence-electron chi connectivity index (χ2n) is 4.71. The molecule has 1 amide bonds. The molecule has 0 spiro atoms. The van der Waals surface area contributed by atoms with Crippen LogP contribution in [0.2, 0.25) is 0 Å². The summed E-state index contributed by atoms with van der Waals surface area (Å²) in [5.74, 6) is -0.243. The van der Waals surface area contributed by atoms with Crippen LogP contribution in [0.5, 0.6) is 5.75 Å². The third kappa shape index (κ3) is 3.51. The van der Waals surface area contributed by atoms with Gasteiger partial charge in [-0.05, 0) is 42.8 Å². The fraction of sp³-hybridized carbons (Fsp3) is 0.188. The summed E-state index contributed by atoms with van der Waals surface area (Å²) in [6.07, 6.45) is 0. The SMILES string of the molecule is COc1cccc([C@H](C)NC(=O)c2ccc(N)c(F)c2)c1. The highest BCUT2D eigenvalue weighted by atomic mass is 19.1. The first-order valence-electron chi connectivity index (χ1n) is 6.51. The highest BCUT2D eigenvalue weighted by Crippen LogP contribution is 2.19. The Morgan fingerprint density at radius 2 is 2.05 bits per heavy atom. The molecule has 0 bridgehead atoms. The lowest BCUT2D eigenvalue weighted by Gasteiger charge is -2.15. The van der Waals surface area contributed by atoms with Crippen molar-refractivity contribution in [2.24, 2.45) is 0 Å². The molecule has 0 heterocycles. The zero-order valence-corrected chi connectivity index (χ0v) is 11.9. The van der Waals surface area contributed by atoms with Gasteiger partial charge in [-0.1, -0.05) is 12.1 Å². The van der Waals surface area contributed by atoms with Gasteiger partial charge < -0.3 is 15.8 Å². The lowest BCUT2D eigenvalue weighted by Crippen LogP contribution is -2.26. The molecule has 2 aromatic rings. The number of nitrogens with two attached hydrogens (primary N) is 1. The topological polar surface area (TPSA) is 64.3 Å². The van der Waals surface area contributed by atoms with Gasteiger partial charge in [-0.2, -0.15) is 0 Å². The van der Waals surface area contributed by atoms with Gasteiger partial charge in [0, 0.05) is 5.56 Å². The van der Waals surface area contributed by atoms with Crippen molar-refractivity contribution in [2.45, 2.75) is 13.0 Å². The number of nitrogen functional groups attached to an aromatic ring is 1. The number of nitrogens with one attached hydrogen (secondary N) is 1. The van der Waals surface area contributed by atoms with Crippen molar-refractivity contribution in [1.82, 2.24) is 5.32 Å². The van der Waals surface area contributed by atoms with Crippen LogP contribution < -0.4 is 15.8 Å². The first-order valence-corrected chi connectivity index (χ1v) is 6.51. The lowest BCUT2D eigenvalue weighted by atomic mass is 10.1. The van der Waals surface area contributed by atoms with Crippen molar-refractivity contribution in [3.8, 4) is 5.75 Å². The molecule has 0 aliphatic heterocycles. The molecule has 0 unspecified atom stereocenters. The summed E-state index contributed by atoms with van der Waals surface area (Å²) in [4.78, 5) is 12.1. The van der Waals surface area contributed by atoms with E-state index in [1.54, 1.807) is 7.11 Å². The molecule has 0 radical (unpaired) electrons. The molecule has 110 valence electrons. The van der Waals surface area contributed by atoms with Gasteiger partial charge in [0.05, 0.1) is 18.8 Å². The third-order valence-electron chi connectivity index (χ3n) is 3.20. The number of hydrogen-bond donors (Lipinski definition) is 2. The van der Waals surface area contributed by atoms with E-state index in [1.165, 1.54) is 12.1 Å². The van der Waals surface area contributed by atoms with Crippen LogP contribution in [0.1, 0.15) is 28.9 Å². The second kappa shape index (κ2) is 6.26. The van der Waals surface area contributed by atoms with Crippen LogP contribution in [0.25, 0.3) is 0 Å². The van der Waals surface area contributed by atoms with Crippen molar-refractivity contribution >= 4 is 11.6 Å². The fourth-order valence-electron chi connectivity index (χ4n) is 1.94. The summed E-state index contributed by atoms with van der Waals surface area (Å²) in [5, 5.41) is 2.81. The number of amides is 1. The van der Waals surface area contributed by atoms with E-state index in [1.807, 2.05) is 31.2 Å². The summed E-state index contributed by atoms with van der Waals surface area (Å²) in [7, 11) is 1.58. The molecule has 0 aliphatic carbocycles. The Bertz CT molecular complexity index is 658. The maximum Gasteiger partial charge on any atom is 0.251 e. The summed E-state index contributed by atoms with van der Waals surface area (Å²) in [5.41, 5.74) is 6.55. The maximum atomic E-state index is 13.4. The molecular weight excluding hydrogens is 271 g/mol. The van der Waals surface area contributed by atoms with Gasteiger partial charge in [0.25, 0.3) is 5.91 Å². The van der Waals surface area contributed by atoms with Crippen LogP contribution in [0.4, 0.5) is 10.1 Å². The van der Waals surface area contributed by atoms with E-state index >= 15 is 0 Å². The van der Waals surface area contributed by atoms with Crippen molar-refractivity contribution in [3.05, 3.63) is 59.4 Å². The number of anilines is 1. The number of carbonyl (C=O) groups is 1. The van der Waals surface area contributed by atoms with E-state index < -0.39 is 5.82 Å². The molecule has 2 aromatic carbocycles. The Morgan fingerprint density at radius 1 is 1.29 bits per heavy atom. The molecule has 1 atom stereocenters. The molecule has 0 saturated heterocycles. The normalized spacial score (nSPS) is 11.8. The maximum absolute atomic E-state index is 13.4. The lowest BCUT2D eigenvalue weighted by molar-refractivity contribution is 0.0939. The average molecular weight is 288 g/mol. The predicted octanol–water partition coefficient (Wildman–Crippen LogP) is 2.91. The standard InChI is InChI=1S/C16H17FN2O2/c1-10(11-4-3-5-13(8-11)21-2)19-16(20)12-6-7-15(18)14(17)9-12/h3-10H,18H2,1-2H3,(H,19,20)/t10-/m0/s1. The summed E-state index contributed by atoms with van der Waals surface area (Å²) in [6, 6.07) is 11.2. The van der Waals surface area contributed by atoms with Gasteiger partial charge >= 0.3 is 0 Å². The van der Waals surface area contributed by atoms with Crippen LogP contribution in [0, 0.1) is 5.82 Å². The van der Waals surface area contributed by atoms with Crippen LogP contribution >= 0.6 is 0 Å². The molecule has 0 aliphatic rings. The minimum atomic E-state index is -0.600. The van der Waals surface area contributed by atoms with Crippen molar-refractivity contribution in [1.29, 1.82) is 0 Å². The van der Waals surface area contributed by atoms with Crippen LogP contribution in [0.15, 0.2) is 42.5 Å². The highest BCUT2D eigenvalue weighted by Gasteiger charge is 2.13. The quantitative estimate of drug-likeness (QED) is 0.850. The Kier molecular flexibility index (Phi) is 4.42. The Morgan fingerprint density at radius 3 is 2.71 bits per heavy atom. The van der Waals surface area contributed by atoms with Gasteiger partial charge in [0.1, 0.15) is 11.6 Å². The number of rotatable bonds is 4. The zero-order chi connectivity index (χ0) is 15.4. The molecule has 0 aromatic heterocycles. The Hall–Kier alpha value is -2.56. The summed E-state index contributed by atoms with van der Waals surface area (Å²) >= 11 is 0. The van der Waals surface area contributed by atoms with Gasteiger partial charge in [0.15, 0.2) is 0 Å². The van der Waals surface area contributed by atoms with Crippen LogP contribution in [-0.4, -0.2) is 13.0 Å².